The van der Waals surface area contributed by atoms with Gasteiger partial charge in [0, 0.05) is 25.4 Å². The summed E-state index contributed by atoms with van der Waals surface area (Å²) in [4.78, 5) is -0.358. The van der Waals surface area contributed by atoms with Gasteiger partial charge in [-0.1, -0.05) is 0 Å². The van der Waals surface area contributed by atoms with Gasteiger partial charge in [-0.05, 0) is 37.5 Å². The highest BCUT2D eigenvalue weighted by Crippen LogP contribution is 2.33. The Hall–Kier alpha value is -1.18. The van der Waals surface area contributed by atoms with E-state index in [-0.39, 0.29) is 29.8 Å². The lowest BCUT2D eigenvalue weighted by Gasteiger charge is -2.22. The second-order valence-corrected chi connectivity index (χ2v) is 6.84. The molecule has 20 heavy (non-hydrogen) atoms. The molecule has 0 unspecified atom stereocenters. The van der Waals surface area contributed by atoms with Crippen molar-refractivity contribution in [2.24, 2.45) is 0 Å². The van der Waals surface area contributed by atoms with Crippen molar-refractivity contribution in [1.82, 2.24) is 4.31 Å². The van der Waals surface area contributed by atoms with E-state index in [1.807, 2.05) is 0 Å². The molecule has 0 radical (unpaired) electrons. The fourth-order valence-corrected chi connectivity index (χ4v) is 3.79. The van der Waals surface area contributed by atoms with Crippen molar-refractivity contribution >= 4 is 15.7 Å². The monoisotopic (exact) mass is 302 g/mol. The van der Waals surface area contributed by atoms with Crippen LogP contribution >= 0.6 is 0 Å². The van der Waals surface area contributed by atoms with Crippen LogP contribution in [-0.4, -0.2) is 39.0 Å². The molecule has 1 aromatic carbocycles. The van der Waals surface area contributed by atoms with Crippen molar-refractivity contribution in [1.29, 1.82) is 0 Å². The molecule has 0 saturated heterocycles. The third-order valence-electron chi connectivity index (χ3n) is 3.38. The summed E-state index contributed by atoms with van der Waals surface area (Å²) >= 11 is 0. The van der Waals surface area contributed by atoms with Crippen LogP contribution in [0.15, 0.2) is 17.0 Å². The maximum absolute atomic E-state index is 14.0. The molecular formula is C13H19FN2O3S. The van der Waals surface area contributed by atoms with E-state index in [1.165, 1.54) is 17.5 Å². The van der Waals surface area contributed by atoms with Crippen LogP contribution in [0.5, 0.6) is 0 Å². The second-order valence-electron chi connectivity index (χ2n) is 4.98. The predicted molar refractivity (Wildman–Crippen MR) is 74.3 cm³/mol. The molecule has 5 nitrogen and oxygen atoms in total. The smallest absolute Gasteiger partial charge is 0.246 e. The number of methoxy groups -OCH3 is 1. The van der Waals surface area contributed by atoms with Gasteiger partial charge in [0.2, 0.25) is 10.0 Å². The largest absolute Gasteiger partial charge is 0.398 e. The molecule has 0 bridgehead atoms. The first kappa shape index (κ1) is 15.2. The van der Waals surface area contributed by atoms with Crippen LogP contribution in [-0.2, 0) is 14.8 Å². The van der Waals surface area contributed by atoms with Crippen LogP contribution in [0.3, 0.4) is 0 Å². The highest BCUT2D eigenvalue weighted by molar-refractivity contribution is 7.89. The Balaban J connectivity index is 2.39. The summed E-state index contributed by atoms with van der Waals surface area (Å²) in [5.74, 6) is -0.764. The molecule has 1 fully saturated rings. The predicted octanol–water partition coefficient (Wildman–Crippen LogP) is 1.52. The summed E-state index contributed by atoms with van der Waals surface area (Å²) in [6.07, 6.45) is 1.60. The fourth-order valence-electron chi connectivity index (χ4n) is 2.04. The minimum absolute atomic E-state index is 0.0583. The molecule has 0 spiro atoms. The first-order valence-corrected chi connectivity index (χ1v) is 7.88. The van der Waals surface area contributed by atoms with E-state index < -0.39 is 15.8 Å². The minimum Gasteiger partial charge on any atom is -0.398 e. The summed E-state index contributed by atoms with van der Waals surface area (Å²) in [6.45, 7) is 2.13. The second kappa shape index (κ2) is 5.67. The number of sulfonamides is 1. The van der Waals surface area contributed by atoms with E-state index in [4.69, 9.17) is 10.5 Å². The van der Waals surface area contributed by atoms with Crippen LogP contribution in [0.25, 0.3) is 0 Å². The van der Waals surface area contributed by atoms with Gasteiger partial charge in [0.1, 0.15) is 10.7 Å². The summed E-state index contributed by atoms with van der Waals surface area (Å²) in [6, 6.07) is 2.29. The van der Waals surface area contributed by atoms with E-state index in [1.54, 1.807) is 6.92 Å². The Morgan fingerprint density at radius 3 is 2.65 bits per heavy atom. The number of hydrogen-bond acceptors (Lipinski definition) is 4. The SMILES string of the molecule is COCCN(C1CC1)S(=O)(=O)c1cc(N)c(C)cc1F. The van der Waals surface area contributed by atoms with Gasteiger partial charge in [0.25, 0.3) is 0 Å². The van der Waals surface area contributed by atoms with Crippen molar-refractivity contribution < 1.29 is 17.5 Å². The normalized spacial score (nSPS) is 15.8. The van der Waals surface area contributed by atoms with Gasteiger partial charge in [0.05, 0.1) is 6.61 Å². The van der Waals surface area contributed by atoms with Crippen molar-refractivity contribution in [2.75, 3.05) is 26.0 Å². The summed E-state index contributed by atoms with van der Waals surface area (Å²) in [5.41, 5.74) is 6.50. The molecule has 7 heteroatoms. The highest BCUT2D eigenvalue weighted by Gasteiger charge is 2.39. The zero-order chi connectivity index (χ0) is 14.9. The summed E-state index contributed by atoms with van der Waals surface area (Å²) in [5, 5.41) is 0. The average molecular weight is 302 g/mol. The standard InChI is InChI=1S/C13H19FN2O3S/c1-9-7-11(14)13(8-12(9)15)20(17,18)16(5-6-19-2)10-3-4-10/h7-8,10H,3-6,15H2,1-2H3. The molecule has 0 aromatic heterocycles. The van der Waals surface area contributed by atoms with E-state index in [0.29, 0.717) is 5.56 Å². The number of ether oxygens (including phenoxy) is 1. The van der Waals surface area contributed by atoms with Crippen LogP contribution in [0.2, 0.25) is 0 Å². The van der Waals surface area contributed by atoms with Gasteiger partial charge in [-0.25, -0.2) is 12.8 Å². The zero-order valence-corrected chi connectivity index (χ0v) is 12.4. The van der Waals surface area contributed by atoms with Gasteiger partial charge >= 0.3 is 0 Å². The molecule has 1 aliphatic rings. The lowest BCUT2D eigenvalue weighted by molar-refractivity contribution is 0.177. The maximum atomic E-state index is 14.0. The lowest BCUT2D eigenvalue weighted by atomic mass is 10.2. The van der Waals surface area contributed by atoms with Gasteiger partial charge in [0.15, 0.2) is 0 Å². The Bertz CT molecular complexity index is 600. The van der Waals surface area contributed by atoms with E-state index in [2.05, 4.69) is 0 Å². The lowest BCUT2D eigenvalue weighted by Crippen LogP contribution is -2.36. The van der Waals surface area contributed by atoms with E-state index >= 15 is 0 Å². The molecule has 112 valence electrons. The fraction of sp³-hybridized carbons (Fsp3) is 0.538. The number of halogens is 1. The van der Waals surface area contributed by atoms with Gasteiger partial charge in [-0.15, -0.1) is 0 Å². The maximum Gasteiger partial charge on any atom is 0.246 e. The van der Waals surface area contributed by atoms with Crippen molar-refractivity contribution in [3.05, 3.63) is 23.5 Å². The molecule has 0 heterocycles. The number of anilines is 1. The van der Waals surface area contributed by atoms with E-state index in [9.17, 15) is 12.8 Å². The third-order valence-corrected chi connectivity index (χ3v) is 5.34. The van der Waals surface area contributed by atoms with Gasteiger partial charge in [-0.3, -0.25) is 0 Å². The molecule has 2 rings (SSSR count). The summed E-state index contributed by atoms with van der Waals surface area (Å²) in [7, 11) is -2.38. The number of rotatable bonds is 6. The Labute approximate surface area is 118 Å². The molecular weight excluding hydrogens is 283 g/mol. The van der Waals surface area contributed by atoms with Gasteiger partial charge in [-0.2, -0.15) is 4.31 Å². The van der Waals surface area contributed by atoms with Crippen LogP contribution in [0, 0.1) is 12.7 Å². The van der Waals surface area contributed by atoms with Crippen molar-refractivity contribution in [2.45, 2.75) is 30.7 Å². The van der Waals surface area contributed by atoms with Gasteiger partial charge < -0.3 is 10.5 Å². The topological polar surface area (TPSA) is 72.6 Å². The molecule has 1 saturated carbocycles. The molecule has 0 amide bonds. The quantitative estimate of drug-likeness (QED) is 0.809. The first-order valence-electron chi connectivity index (χ1n) is 6.44. The van der Waals surface area contributed by atoms with Crippen LogP contribution < -0.4 is 5.73 Å². The van der Waals surface area contributed by atoms with Crippen LogP contribution in [0.1, 0.15) is 18.4 Å². The highest BCUT2D eigenvalue weighted by atomic mass is 32.2. The zero-order valence-electron chi connectivity index (χ0n) is 11.6. The number of hydrogen-bond donors (Lipinski definition) is 1. The number of nitrogen functional groups attached to an aromatic ring is 1. The molecule has 0 atom stereocenters. The number of nitrogens with zero attached hydrogens (tertiary/aromatic N) is 1. The van der Waals surface area contributed by atoms with Crippen LogP contribution in [0.4, 0.5) is 10.1 Å². The van der Waals surface area contributed by atoms with Crippen molar-refractivity contribution in [3.8, 4) is 0 Å². The average Bonchev–Trinajstić information content (AvgIpc) is 3.18. The molecule has 1 aliphatic carbocycles. The summed E-state index contributed by atoms with van der Waals surface area (Å²) < 4.78 is 45.4. The Morgan fingerprint density at radius 2 is 2.10 bits per heavy atom. The number of nitrogens with two attached hydrogens (primary N) is 1. The molecule has 0 aliphatic heterocycles. The third kappa shape index (κ3) is 2.94. The van der Waals surface area contributed by atoms with Crippen molar-refractivity contribution in [3.63, 3.8) is 0 Å². The first-order chi connectivity index (χ1) is 9.37. The Kier molecular flexibility index (Phi) is 4.31. The molecule has 1 aromatic rings. The number of aryl methyl sites for hydroxylation is 1. The Morgan fingerprint density at radius 1 is 1.45 bits per heavy atom. The van der Waals surface area contributed by atoms with E-state index in [0.717, 1.165) is 18.9 Å². The minimum atomic E-state index is -3.88. The molecule has 2 N–H and O–H groups in total. The number of benzene rings is 1.